The van der Waals surface area contributed by atoms with Gasteiger partial charge in [-0.15, -0.1) is 0 Å². The van der Waals surface area contributed by atoms with Crippen LogP contribution in [0.2, 0.25) is 0 Å². The number of halogens is 1. The third kappa shape index (κ3) is 4.03. The summed E-state index contributed by atoms with van der Waals surface area (Å²) in [6.07, 6.45) is 0. The number of nitrogens with zero attached hydrogens (tertiary/aromatic N) is 3. The predicted octanol–water partition coefficient (Wildman–Crippen LogP) is 0.876. The molecule has 1 aromatic carbocycles. The molecule has 2 heterocycles. The Hall–Kier alpha value is -2.74. The van der Waals surface area contributed by atoms with Gasteiger partial charge in [-0.05, 0) is 23.8 Å². The van der Waals surface area contributed by atoms with E-state index in [4.69, 9.17) is 4.74 Å². The lowest BCUT2D eigenvalue weighted by atomic mass is 10.1. The number of hydrogen-bond acceptors (Lipinski definition) is 5. The molecule has 1 N–H and O–H groups in total. The van der Waals surface area contributed by atoms with Crippen molar-refractivity contribution >= 4 is 5.91 Å². The van der Waals surface area contributed by atoms with Gasteiger partial charge < -0.3 is 9.64 Å². The van der Waals surface area contributed by atoms with Crippen LogP contribution >= 0.6 is 0 Å². The Labute approximate surface area is 144 Å². The molecule has 1 aliphatic rings. The Bertz CT molecular complexity index is 795. The summed E-state index contributed by atoms with van der Waals surface area (Å²) < 4.78 is 18.7. The molecule has 0 radical (unpaired) electrons. The second-order valence-corrected chi connectivity index (χ2v) is 5.84. The van der Waals surface area contributed by atoms with Crippen molar-refractivity contribution in [2.75, 3.05) is 33.3 Å². The zero-order chi connectivity index (χ0) is 17.8. The largest absolute Gasteiger partial charge is 0.494 e. The van der Waals surface area contributed by atoms with Crippen molar-refractivity contribution in [3.8, 4) is 5.75 Å². The first-order valence-electron chi connectivity index (χ1n) is 7.96. The van der Waals surface area contributed by atoms with E-state index in [1.807, 2.05) is 6.07 Å². The monoisotopic (exact) mass is 346 g/mol. The molecule has 0 aliphatic carbocycles. The van der Waals surface area contributed by atoms with Gasteiger partial charge in [-0.2, -0.15) is 5.10 Å². The molecule has 2 aromatic rings. The van der Waals surface area contributed by atoms with E-state index in [0.717, 1.165) is 5.56 Å². The number of carbonyl (C=O) groups excluding carboxylic acids is 1. The molecule has 0 unspecified atom stereocenters. The minimum absolute atomic E-state index is 0.202. The van der Waals surface area contributed by atoms with E-state index in [1.54, 1.807) is 11.0 Å². The van der Waals surface area contributed by atoms with E-state index in [1.165, 1.54) is 25.3 Å². The Morgan fingerprint density at radius 3 is 2.60 bits per heavy atom. The number of benzene rings is 1. The van der Waals surface area contributed by atoms with Crippen molar-refractivity contribution in [1.29, 1.82) is 0 Å². The standard InChI is InChI=1S/C17H19FN4O3/c1-25-15-4-2-12(10-13(15)18)11-21-6-8-22(9-7-21)17(24)14-3-5-16(23)20-19-14/h2-5,10H,6-9,11H2,1H3,(H,20,23). The highest BCUT2D eigenvalue weighted by Gasteiger charge is 2.23. The van der Waals surface area contributed by atoms with E-state index in [-0.39, 0.29) is 28.7 Å². The summed E-state index contributed by atoms with van der Waals surface area (Å²) in [5, 5.41) is 6.04. The normalized spacial score (nSPS) is 15.2. The van der Waals surface area contributed by atoms with Gasteiger partial charge in [-0.25, -0.2) is 9.49 Å². The van der Waals surface area contributed by atoms with Crippen LogP contribution in [-0.2, 0) is 6.54 Å². The van der Waals surface area contributed by atoms with E-state index in [0.29, 0.717) is 32.7 Å². The number of carbonyl (C=O) groups is 1. The summed E-state index contributed by atoms with van der Waals surface area (Å²) in [4.78, 5) is 27.2. The van der Waals surface area contributed by atoms with E-state index >= 15 is 0 Å². The molecule has 0 atom stereocenters. The number of H-pyrrole nitrogens is 1. The van der Waals surface area contributed by atoms with Gasteiger partial charge in [0.2, 0.25) is 0 Å². The minimum atomic E-state index is -0.377. The molecule has 0 saturated carbocycles. The van der Waals surface area contributed by atoms with Gasteiger partial charge in [0.05, 0.1) is 7.11 Å². The molecule has 1 amide bonds. The van der Waals surface area contributed by atoms with Crippen LogP contribution in [0.1, 0.15) is 16.1 Å². The predicted molar refractivity (Wildman–Crippen MR) is 89.0 cm³/mol. The van der Waals surface area contributed by atoms with Crippen LogP contribution in [0.3, 0.4) is 0 Å². The number of rotatable bonds is 4. The number of amides is 1. The molecular weight excluding hydrogens is 327 g/mol. The SMILES string of the molecule is COc1ccc(CN2CCN(C(=O)c3ccc(=O)[nH]n3)CC2)cc1F. The highest BCUT2D eigenvalue weighted by Crippen LogP contribution is 2.19. The van der Waals surface area contributed by atoms with Gasteiger partial charge in [0.15, 0.2) is 11.6 Å². The number of piperazine rings is 1. The number of aromatic amines is 1. The second kappa shape index (κ2) is 7.43. The van der Waals surface area contributed by atoms with Crippen LogP contribution in [0.5, 0.6) is 5.75 Å². The van der Waals surface area contributed by atoms with Crippen molar-refractivity contribution in [2.24, 2.45) is 0 Å². The highest BCUT2D eigenvalue weighted by atomic mass is 19.1. The van der Waals surface area contributed by atoms with Gasteiger partial charge in [0.1, 0.15) is 5.69 Å². The molecule has 0 spiro atoms. The molecule has 132 valence electrons. The Kier molecular flexibility index (Phi) is 5.08. The first-order valence-corrected chi connectivity index (χ1v) is 7.96. The first-order chi connectivity index (χ1) is 12.1. The molecule has 1 fully saturated rings. The molecule has 8 heteroatoms. The lowest BCUT2D eigenvalue weighted by molar-refractivity contribution is 0.0621. The average Bonchev–Trinajstić information content (AvgIpc) is 2.63. The smallest absolute Gasteiger partial charge is 0.274 e. The fraction of sp³-hybridized carbons (Fsp3) is 0.353. The molecule has 0 bridgehead atoms. The molecule has 1 aliphatic heterocycles. The number of aromatic nitrogens is 2. The topological polar surface area (TPSA) is 78.5 Å². The van der Waals surface area contributed by atoms with Crippen LogP contribution in [-0.4, -0.2) is 59.2 Å². The number of ether oxygens (including phenoxy) is 1. The van der Waals surface area contributed by atoms with Crippen molar-refractivity contribution in [2.45, 2.75) is 6.54 Å². The van der Waals surface area contributed by atoms with Crippen molar-refractivity contribution in [3.05, 3.63) is 57.8 Å². The Morgan fingerprint density at radius 1 is 1.24 bits per heavy atom. The summed E-state index contributed by atoms with van der Waals surface area (Å²) in [5.41, 5.74) is 0.749. The second-order valence-electron chi connectivity index (χ2n) is 5.84. The first kappa shape index (κ1) is 17.1. The van der Waals surface area contributed by atoms with Crippen molar-refractivity contribution in [1.82, 2.24) is 20.0 Å². The van der Waals surface area contributed by atoms with Gasteiger partial charge in [-0.1, -0.05) is 6.07 Å². The lowest BCUT2D eigenvalue weighted by Crippen LogP contribution is -2.48. The maximum Gasteiger partial charge on any atom is 0.274 e. The summed E-state index contributed by atoms with van der Waals surface area (Å²) >= 11 is 0. The van der Waals surface area contributed by atoms with E-state index < -0.39 is 0 Å². The molecular formula is C17H19FN4O3. The van der Waals surface area contributed by atoms with E-state index in [2.05, 4.69) is 15.1 Å². The third-order valence-electron chi connectivity index (χ3n) is 4.18. The maximum absolute atomic E-state index is 13.8. The minimum Gasteiger partial charge on any atom is -0.494 e. The van der Waals surface area contributed by atoms with E-state index in [9.17, 15) is 14.0 Å². The van der Waals surface area contributed by atoms with Crippen LogP contribution in [0, 0.1) is 5.82 Å². The molecule has 1 aromatic heterocycles. The van der Waals surface area contributed by atoms with Crippen LogP contribution in [0.15, 0.2) is 35.1 Å². The number of nitrogens with one attached hydrogen (secondary N) is 1. The van der Waals surface area contributed by atoms with Crippen LogP contribution in [0.4, 0.5) is 4.39 Å². The average molecular weight is 346 g/mol. The molecule has 7 nitrogen and oxygen atoms in total. The Morgan fingerprint density at radius 2 is 2.00 bits per heavy atom. The molecule has 3 rings (SSSR count). The van der Waals surface area contributed by atoms with Gasteiger partial charge in [-0.3, -0.25) is 14.5 Å². The summed E-state index contributed by atoms with van der Waals surface area (Å²) in [5.74, 6) is -0.350. The number of methoxy groups -OCH3 is 1. The third-order valence-corrected chi connectivity index (χ3v) is 4.18. The van der Waals surface area contributed by atoms with Crippen molar-refractivity contribution < 1.29 is 13.9 Å². The lowest BCUT2D eigenvalue weighted by Gasteiger charge is -2.34. The van der Waals surface area contributed by atoms with Crippen LogP contribution in [0.25, 0.3) is 0 Å². The fourth-order valence-corrected chi connectivity index (χ4v) is 2.80. The van der Waals surface area contributed by atoms with Gasteiger partial charge >= 0.3 is 0 Å². The number of hydrogen-bond donors (Lipinski definition) is 1. The summed E-state index contributed by atoms with van der Waals surface area (Å²) in [6.45, 7) is 3.09. The quantitative estimate of drug-likeness (QED) is 0.889. The molecule has 25 heavy (non-hydrogen) atoms. The zero-order valence-electron chi connectivity index (χ0n) is 13.9. The van der Waals surface area contributed by atoms with Gasteiger partial charge in [0.25, 0.3) is 11.5 Å². The fourth-order valence-electron chi connectivity index (χ4n) is 2.80. The van der Waals surface area contributed by atoms with Gasteiger partial charge in [0, 0.05) is 38.8 Å². The molecule has 1 saturated heterocycles. The summed E-state index contributed by atoms with van der Waals surface area (Å²) in [6, 6.07) is 7.64. The zero-order valence-corrected chi connectivity index (χ0v) is 13.9. The van der Waals surface area contributed by atoms with Crippen molar-refractivity contribution in [3.63, 3.8) is 0 Å². The maximum atomic E-state index is 13.8. The highest BCUT2D eigenvalue weighted by molar-refractivity contribution is 5.92. The van der Waals surface area contributed by atoms with Crippen LogP contribution < -0.4 is 10.3 Å². The summed E-state index contributed by atoms with van der Waals surface area (Å²) in [7, 11) is 1.44. The Balaban J connectivity index is 1.56.